The van der Waals surface area contributed by atoms with Crippen LogP contribution in [-0.4, -0.2) is 56.7 Å². The number of methoxy groups -OCH3 is 2. The number of carbonyl (C=O) groups is 3. The van der Waals surface area contributed by atoms with Gasteiger partial charge in [0, 0.05) is 32.0 Å². The van der Waals surface area contributed by atoms with Crippen LogP contribution >= 0.6 is 0 Å². The molecule has 0 radical (unpaired) electrons. The van der Waals surface area contributed by atoms with Gasteiger partial charge in [-0.05, 0) is 35.7 Å². The second-order valence-electron chi connectivity index (χ2n) is 7.57. The smallest absolute Gasteiger partial charge is 0.379 e. The van der Waals surface area contributed by atoms with Crippen LogP contribution in [0.4, 0.5) is 5.82 Å². The molecule has 2 aromatic carbocycles. The summed E-state index contributed by atoms with van der Waals surface area (Å²) in [6, 6.07) is 17.9. The molecule has 1 heterocycles. The summed E-state index contributed by atoms with van der Waals surface area (Å²) in [4.78, 5) is 43.1. The quantitative estimate of drug-likeness (QED) is 0.233. The van der Waals surface area contributed by atoms with Crippen molar-refractivity contribution in [3.8, 4) is 11.1 Å². The second kappa shape index (κ2) is 12.4. The molecule has 8 heteroatoms. The van der Waals surface area contributed by atoms with E-state index < -0.39 is 17.7 Å². The van der Waals surface area contributed by atoms with Crippen molar-refractivity contribution in [2.24, 2.45) is 0 Å². The number of benzene rings is 2. The Labute approximate surface area is 204 Å². The van der Waals surface area contributed by atoms with E-state index >= 15 is 0 Å². The van der Waals surface area contributed by atoms with E-state index in [0.29, 0.717) is 36.6 Å². The largest absolute Gasteiger partial charge is 0.463 e. The highest BCUT2D eigenvalue weighted by Crippen LogP contribution is 2.26. The van der Waals surface area contributed by atoms with Crippen LogP contribution in [0.5, 0.6) is 0 Å². The van der Waals surface area contributed by atoms with Gasteiger partial charge < -0.3 is 19.1 Å². The van der Waals surface area contributed by atoms with Crippen molar-refractivity contribution in [1.29, 1.82) is 0 Å². The number of hydrogen-bond donors (Lipinski definition) is 0. The van der Waals surface area contributed by atoms with Crippen LogP contribution in [0.15, 0.2) is 66.9 Å². The molecule has 1 aromatic heterocycles. The SMILES string of the molecule is CCOC(=O)c1cccnc1N(CCOC)Cc1ccc(-c2ccccc2C(=O)C(=O)OC)cc1. The fourth-order valence-electron chi connectivity index (χ4n) is 3.62. The average Bonchev–Trinajstić information content (AvgIpc) is 2.90. The highest BCUT2D eigenvalue weighted by atomic mass is 16.5. The van der Waals surface area contributed by atoms with Crippen LogP contribution in [0.25, 0.3) is 11.1 Å². The zero-order valence-electron chi connectivity index (χ0n) is 20.0. The van der Waals surface area contributed by atoms with Gasteiger partial charge in [0.05, 0.1) is 20.3 Å². The first kappa shape index (κ1) is 25.6. The van der Waals surface area contributed by atoms with Crippen molar-refractivity contribution < 1.29 is 28.6 Å². The topological polar surface area (TPSA) is 95.0 Å². The Kier molecular flexibility index (Phi) is 9.09. The van der Waals surface area contributed by atoms with Crippen LogP contribution in [0.2, 0.25) is 0 Å². The molecule has 0 saturated carbocycles. The van der Waals surface area contributed by atoms with Gasteiger partial charge in [-0.1, -0.05) is 48.5 Å². The molecule has 0 N–H and O–H groups in total. The van der Waals surface area contributed by atoms with Crippen molar-refractivity contribution in [1.82, 2.24) is 4.98 Å². The molecule has 3 aromatic rings. The van der Waals surface area contributed by atoms with Gasteiger partial charge in [-0.3, -0.25) is 4.79 Å². The highest BCUT2D eigenvalue weighted by Gasteiger charge is 2.21. The Hall–Kier alpha value is -4.04. The Morgan fingerprint density at radius 3 is 2.31 bits per heavy atom. The first-order chi connectivity index (χ1) is 17.0. The zero-order valence-corrected chi connectivity index (χ0v) is 20.0. The van der Waals surface area contributed by atoms with E-state index in [1.165, 1.54) is 7.11 Å². The lowest BCUT2D eigenvalue weighted by atomic mass is 9.96. The molecule has 182 valence electrons. The molecule has 8 nitrogen and oxygen atoms in total. The van der Waals surface area contributed by atoms with Crippen LogP contribution < -0.4 is 4.90 Å². The maximum Gasteiger partial charge on any atom is 0.379 e. The Morgan fingerprint density at radius 2 is 1.63 bits per heavy atom. The maximum atomic E-state index is 12.5. The second-order valence-corrected chi connectivity index (χ2v) is 7.57. The van der Waals surface area contributed by atoms with Crippen LogP contribution in [0.1, 0.15) is 33.2 Å². The number of hydrogen-bond acceptors (Lipinski definition) is 8. The number of nitrogens with zero attached hydrogens (tertiary/aromatic N) is 2. The van der Waals surface area contributed by atoms with Crippen molar-refractivity contribution in [3.63, 3.8) is 0 Å². The first-order valence-corrected chi connectivity index (χ1v) is 11.2. The summed E-state index contributed by atoms with van der Waals surface area (Å²) in [5.74, 6) is -1.52. The maximum absolute atomic E-state index is 12.5. The lowest BCUT2D eigenvalue weighted by molar-refractivity contribution is -0.135. The van der Waals surface area contributed by atoms with E-state index in [1.807, 2.05) is 35.2 Å². The molecular weight excluding hydrogens is 448 g/mol. The summed E-state index contributed by atoms with van der Waals surface area (Å²) in [5.41, 5.74) is 3.05. The summed E-state index contributed by atoms with van der Waals surface area (Å²) in [6.07, 6.45) is 1.64. The molecule has 0 atom stereocenters. The van der Waals surface area contributed by atoms with Gasteiger partial charge in [0.1, 0.15) is 11.4 Å². The van der Waals surface area contributed by atoms with Crippen molar-refractivity contribution in [3.05, 3.63) is 83.6 Å². The van der Waals surface area contributed by atoms with E-state index in [0.717, 1.165) is 11.1 Å². The number of Topliss-reactive ketones (excluding diaryl/α,β-unsaturated/α-hetero) is 1. The van der Waals surface area contributed by atoms with Crippen molar-refractivity contribution in [2.45, 2.75) is 13.5 Å². The number of rotatable bonds is 11. The number of aromatic nitrogens is 1. The summed E-state index contributed by atoms with van der Waals surface area (Å²) in [6.45, 7) is 3.45. The molecule has 0 aliphatic carbocycles. The minimum atomic E-state index is -0.907. The van der Waals surface area contributed by atoms with E-state index in [9.17, 15) is 14.4 Å². The van der Waals surface area contributed by atoms with Gasteiger partial charge in [0.15, 0.2) is 0 Å². The van der Waals surface area contributed by atoms with E-state index in [4.69, 9.17) is 9.47 Å². The number of ether oxygens (including phenoxy) is 3. The molecule has 0 unspecified atom stereocenters. The molecular formula is C27H28N2O6. The standard InChI is InChI=1S/C27H28N2O6/c1-4-35-26(31)23-10-7-15-28-25(23)29(16-17-33-2)18-19-11-13-20(14-12-19)21-8-5-6-9-22(21)24(30)27(32)34-3/h5-15H,4,16-18H2,1-3H3. The van der Waals surface area contributed by atoms with Crippen LogP contribution in [-0.2, 0) is 25.5 Å². The van der Waals surface area contributed by atoms with E-state index in [-0.39, 0.29) is 12.2 Å². The molecule has 0 bridgehead atoms. The fourth-order valence-corrected chi connectivity index (χ4v) is 3.62. The third-order valence-corrected chi connectivity index (χ3v) is 5.33. The minimum Gasteiger partial charge on any atom is -0.463 e. The average molecular weight is 477 g/mol. The Bertz CT molecular complexity index is 1180. The Morgan fingerprint density at radius 1 is 0.914 bits per heavy atom. The Balaban J connectivity index is 1.89. The zero-order chi connectivity index (χ0) is 25.2. The minimum absolute atomic E-state index is 0.270. The predicted molar refractivity (Wildman–Crippen MR) is 131 cm³/mol. The third kappa shape index (κ3) is 6.30. The molecule has 35 heavy (non-hydrogen) atoms. The molecule has 0 spiro atoms. The highest BCUT2D eigenvalue weighted by molar-refractivity contribution is 6.41. The van der Waals surface area contributed by atoms with Crippen molar-refractivity contribution >= 4 is 23.5 Å². The number of pyridine rings is 1. The molecule has 3 rings (SSSR count). The predicted octanol–water partition coefficient (Wildman–Crippen LogP) is 3.93. The number of ketones is 1. The monoisotopic (exact) mass is 476 g/mol. The summed E-state index contributed by atoms with van der Waals surface area (Å²) < 4.78 is 15.1. The normalized spacial score (nSPS) is 10.5. The summed E-state index contributed by atoms with van der Waals surface area (Å²) in [5, 5.41) is 0. The lowest BCUT2D eigenvalue weighted by Gasteiger charge is -2.25. The lowest BCUT2D eigenvalue weighted by Crippen LogP contribution is -2.29. The van der Waals surface area contributed by atoms with Gasteiger partial charge in [-0.25, -0.2) is 14.6 Å². The van der Waals surface area contributed by atoms with Gasteiger partial charge in [-0.15, -0.1) is 0 Å². The van der Waals surface area contributed by atoms with E-state index in [2.05, 4.69) is 9.72 Å². The van der Waals surface area contributed by atoms with Gasteiger partial charge in [0.25, 0.3) is 5.78 Å². The summed E-state index contributed by atoms with van der Waals surface area (Å²) in [7, 11) is 2.80. The number of esters is 2. The van der Waals surface area contributed by atoms with Crippen LogP contribution in [0, 0.1) is 0 Å². The molecule has 0 amide bonds. The fraction of sp³-hybridized carbons (Fsp3) is 0.259. The summed E-state index contributed by atoms with van der Waals surface area (Å²) >= 11 is 0. The van der Waals surface area contributed by atoms with Gasteiger partial charge >= 0.3 is 11.9 Å². The van der Waals surface area contributed by atoms with Crippen molar-refractivity contribution in [2.75, 3.05) is 38.9 Å². The first-order valence-electron chi connectivity index (χ1n) is 11.2. The van der Waals surface area contributed by atoms with Gasteiger partial charge in [-0.2, -0.15) is 0 Å². The number of anilines is 1. The third-order valence-electron chi connectivity index (χ3n) is 5.33. The van der Waals surface area contributed by atoms with Crippen LogP contribution in [0.3, 0.4) is 0 Å². The van der Waals surface area contributed by atoms with E-state index in [1.54, 1.807) is 50.6 Å². The molecule has 0 fully saturated rings. The molecule has 0 saturated heterocycles. The molecule has 0 aliphatic heterocycles. The van der Waals surface area contributed by atoms with Gasteiger partial charge in [0.2, 0.25) is 0 Å². The number of carbonyl (C=O) groups excluding carboxylic acids is 3. The molecule has 0 aliphatic rings.